The highest BCUT2D eigenvalue weighted by molar-refractivity contribution is 7.00. The Morgan fingerprint density at radius 2 is 1.11 bits per heavy atom. The van der Waals surface area contributed by atoms with Gasteiger partial charge in [0.25, 0.3) is 6.71 Å². The second-order valence-corrected chi connectivity index (χ2v) is 21.8. The van der Waals surface area contributed by atoms with Crippen LogP contribution >= 0.6 is 0 Å². The van der Waals surface area contributed by atoms with Gasteiger partial charge in [-0.05, 0) is 142 Å². The Bertz CT molecular complexity index is 2920. The van der Waals surface area contributed by atoms with E-state index in [1.807, 2.05) is 0 Å². The Labute approximate surface area is 382 Å². The van der Waals surface area contributed by atoms with Crippen LogP contribution in [0.15, 0.2) is 146 Å². The molecular formula is C60H62BN3. The van der Waals surface area contributed by atoms with Crippen LogP contribution in [0.25, 0.3) is 11.1 Å². The first-order valence-electron chi connectivity index (χ1n) is 23.8. The fourth-order valence-electron chi connectivity index (χ4n) is 12.4. The topological polar surface area (TPSA) is 9.72 Å². The molecule has 4 aliphatic rings. The largest absolute Gasteiger partial charge is 0.335 e. The number of hydrogen-bond acceptors (Lipinski definition) is 3. The zero-order valence-electron chi connectivity index (χ0n) is 39.6. The maximum atomic E-state index is 2.90. The molecule has 0 radical (unpaired) electrons. The normalized spacial score (nSPS) is 19.5. The second-order valence-electron chi connectivity index (χ2n) is 21.8. The molecule has 2 atom stereocenters. The quantitative estimate of drug-likeness (QED) is 0.160. The van der Waals surface area contributed by atoms with Gasteiger partial charge in [-0.2, -0.15) is 0 Å². The summed E-state index contributed by atoms with van der Waals surface area (Å²) < 4.78 is 0. The molecular weight excluding hydrogens is 773 g/mol. The van der Waals surface area contributed by atoms with Gasteiger partial charge in [0.1, 0.15) is 0 Å². The third kappa shape index (κ3) is 5.86. The first kappa shape index (κ1) is 40.8. The molecule has 0 N–H and O–H groups in total. The molecule has 0 saturated heterocycles. The molecule has 2 unspecified atom stereocenters. The fraction of sp³-hybridized carbons (Fsp3) is 0.300. The Balaban J connectivity index is 1.31. The number of nitrogens with zero attached hydrogens (tertiary/aromatic N) is 3. The molecule has 1 saturated carbocycles. The van der Waals surface area contributed by atoms with Gasteiger partial charge < -0.3 is 14.7 Å². The molecule has 0 aromatic heterocycles. The third-order valence-electron chi connectivity index (χ3n) is 15.9. The zero-order valence-corrected chi connectivity index (χ0v) is 39.6. The van der Waals surface area contributed by atoms with Crippen molar-refractivity contribution >= 4 is 68.6 Å². The average Bonchev–Trinajstić information content (AvgIpc) is 3.50. The summed E-state index contributed by atoms with van der Waals surface area (Å²) in [4.78, 5) is 8.06. The van der Waals surface area contributed by atoms with E-state index in [2.05, 4.69) is 230 Å². The first-order valence-corrected chi connectivity index (χ1v) is 23.8. The lowest BCUT2D eigenvalue weighted by atomic mass is 9.33. The third-order valence-corrected chi connectivity index (χ3v) is 15.9. The smallest absolute Gasteiger partial charge is 0.252 e. The van der Waals surface area contributed by atoms with Crippen LogP contribution < -0.4 is 31.1 Å². The van der Waals surface area contributed by atoms with Crippen molar-refractivity contribution in [3.63, 3.8) is 0 Å². The lowest BCUT2D eigenvalue weighted by molar-refractivity contribution is 0.195. The van der Waals surface area contributed by atoms with Gasteiger partial charge in [-0.15, -0.1) is 0 Å². The van der Waals surface area contributed by atoms with Crippen molar-refractivity contribution in [1.82, 2.24) is 0 Å². The van der Waals surface area contributed by atoms with Crippen LogP contribution in [0.5, 0.6) is 0 Å². The van der Waals surface area contributed by atoms with Crippen LogP contribution in [0.1, 0.15) is 109 Å². The van der Waals surface area contributed by atoms with Gasteiger partial charge >= 0.3 is 0 Å². The molecule has 0 amide bonds. The molecule has 7 aromatic carbocycles. The molecule has 11 rings (SSSR count). The van der Waals surface area contributed by atoms with Gasteiger partial charge in [0.05, 0.1) is 16.9 Å². The van der Waals surface area contributed by atoms with Crippen molar-refractivity contribution in [3.8, 4) is 11.1 Å². The first-order chi connectivity index (χ1) is 30.6. The molecule has 1 fully saturated rings. The van der Waals surface area contributed by atoms with E-state index in [1.54, 1.807) is 5.56 Å². The summed E-state index contributed by atoms with van der Waals surface area (Å²) in [5.41, 5.74) is 23.7. The zero-order chi connectivity index (χ0) is 44.5. The van der Waals surface area contributed by atoms with Crippen LogP contribution in [0.4, 0.5) is 45.5 Å². The maximum Gasteiger partial charge on any atom is 0.252 e. The average molecular weight is 836 g/mol. The minimum absolute atomic E-state index is 0.0192. The summed E-state index contributed by atoms with van der Waals surface area (Å²) in [6, 6.07) is 55.7. The van der Waals surface area contributed by atoms with E-state index in [9.17, 15) is 0 Å². The van der Waals surface area contributed by atoms with E-state index in [1.165, 1.54) is 103 Å². The Morgan fingerprint density at radius 1 is 0.531 bits per heavy atom. The predicted octanol–water partition coefficient (Wildman–Crippen LogP) is 14.4. The summed E-state index contributed by atoms with van der Waals surface area (Å²) in [5.74, 6) is 0. The molecule has 0 spiro atoms. The highest BCUT2D eigenvalue weighted by atomic mass is 15.3. The summed E-state index contributed by atoms with van der Waals surface area (Å²) in [6.45, 7) is 24.1. The van der Waals surface area contributed by atoms with Crippen LogP contribution in [-0.4, -0.2) is 12.3 Å². The van der Waals surface area contributed by atoms with Gasteiger partial charge in [0.15, 0.2) is 0 Å². The van der Waals surface area contributed by atoms with Gasteiger partial charge in [0, 0.05) is 39.5 Å². The maximum absolute atomic E-state index is 2.90. The van der Waals surface area contributed by atoms with E-state index < -0.39 is 0 Å². The lowest BCUT2D eigenvalue weighted by Gasteiger charge is -2.53. The van der Waals surface area contributed by atoms with Crippen LogP contribution in [0, 0.1) is 13.8 Å². The van der Waals surface area contributed by atoms with E-state index in [0.29, 0.717) is 0 Å². The molecule has 3 aliphatic heterocycles. The number of para-hydroxylation sites is 2. The Morgan fingerprint density at radius 3 is 1.72 bits per heavy atom. The summed E-state index contributed by atoms with van der Waals surface area (Å²) in [6.07, 6.45) is 4.76. The van der Waals surface area contributed by atoms with Crippen molar-refractivity contribution in [2.24, 2.45) is 0 Å². The lowest BCUT2D eigenvalue weighted by Crippen LogP contribution is -2.64. The minimum Gasteiger partial charge on any atom is -0.335 e. The number of rotatable bonds is 5. The number of hydrogen-bond donors (Lipinski definition) is 0. The van der Waals surface area contributed by atoms with Gasteiger partial charge in [0.2, 0.25) is 0 Å². The van der Waals surface area contributed by atoms with Crippen LogP contribution in [0.2, 0.25) is 0 Å². The van der Waals surface area contributed by atoms with Gasteiger partial charge in [-0.3, -0.25) is 0 Å². The SMILES string of the molecule is Cc1cc(C(C)(C)C)cc(C)c1N1c2ccc(C(C)(C)C)cc2B2c3ccc(-c4ccccc4)c4c3N(c3cc(N(c5ccccc5)c5ccccc5)cc1c32)C1(C)CCCCC41C. The number of anilines is 8. The Kier molecular flexibility index (Phi) is 9.08. The van der Waals surface area contributed by atoms with E-state index in [0.717, 1.165) is 17.8 Å². The number of aryl methyl sites for hydroxylation is 2. The Hall–Kier alpha value is -6.00. The van der Waals surface area contributed by atoms with Crippen molar-refractivity contribution < 1.29 is 0 Å². The van der Waals surface area contributed by atoms with E-state index in [4.69, 9.17) is 0 Å². The summed E-state index contributed by atoms with van der Waals surface area (Å²) in [5, 5.41) is 0. The molecule has 3 nitrogen and oxygen atoms in total. The van der Waals surface area contributed by atoms with Crippen molar-refractivity contribution in [3.05, 3.63) is 173 Å². The number of fused-ring (bicyclic) bond motifs is 7. The molecule has 4 heteroatoms. The second kappa shape index (κ2) is 14.3. The van der Waals surface area contributed by atoms with Crippen LogP contribution in [-0.2, 0) is 16.2 Å². The van der Waals surface area contributed by atoms with Gasteiger partial charge in [-0.25, -0.2) is 0 Å². The molecule has 64 heavy (non-hydrogen) atoms. The van der Waals surface area contributed by atoms with E-state index >= 15 is 0 Å². The minimum atomic E-state index is -0.145. The molecule has 0 bridgehead atoms. The summed E-state index contributed by atoms with van der Waals surface area (Å²) >= 11 is 0. The molecule has 3 heterocycles. The molecule has 1 aliphatic carbocycles. The molecule has 7 aromatic rings. The highest BCUT2D eigenvalue weighted by Crippen LogP contribution is 2.64. The van der Waals surface area contributed by atoms with Crippen molar-refractivity contribution in [1.29, 1.82) is 0 Å². The van der Waals surface area contributed by atoms with Crippen LogP contribution in [0.3, 0.4) is 0 Å². The summed E-state index contributed by atoms with van der Waals surface area (Å²) in [7, 11) is 0. The fourth-order valence-corrected chi connectivity index (χ4v) is 12.4. The van der Waals surface area contributed by atoms with Crippen molar-refractivity contribution in [2.45, 2.75) is 117 Å². The predicted molar refractivity (Wildman–Crippen MR) is 276 cm³/mol. The standard InChI is InChI=1S/C60H62BN3/c1-39-34-43(58(6,7)8)35-40(2)55(39)63-50-31-28-42(57(3,4)5)36-49(50)61-48-30-29-47(41-22-14-11-15-23-41)53-56(48)64(60(10)33-21-20-32-59(53,60)9)52-38-46(37-51(63)54(52)61)62(44-24-16-12-17-25-44)45-26-18-13-19-27-45/h11-19,22-31,34-38H,20-21,32-33H2,1-10H3. The van der Waals surface area contributed by atoms with E-state index in [-0.39, 0.29) is 28.5 Å². The van der Waals surface area contributed by atoms with Gasteiger partial charge in [-0.1, -0.05) is 164 Å². The highest BCUT2D eigenvalue weighted by Gasteiger charge is 2.62. The monoisotopic (exact) mass is 836 g/mol. The molecule has 320 valence electrons. The van der Waals surface area contributed by atoms with Crippen molar-refractivity contribution in [2.75, 3.05) is 14.7 Å². The number of benzene rings is 7.